The summed E-state index contributed by atoms with van der Waals surface area (Å²) in [7, 11) is 0. The summed E-state index contributed by atoms with van der Waals surface area (Å²) in [5, 5.41) is 0. The first-order valence-electron chi connectivity index (χ1n) is 6.72. The molecule has 1 amide bonds. The Morgan fingerprint density at radius 3 is 2.61 bits per heavy atom. The molecule has 2 heterocycles. The molecule has 0 aromatic heterocycles. The van der Waals surface area contributed by atoms with E-state index in [2.05, 4.69) is 4.90 Å². The van der Waals surface area contributed by atoms with Crippen LogP contribution in [0.25, 0.3) is 0 Å². The van der Waals surface area contributed by atoms with E-state index in [0.717, 1.165) is 45.8 Å². The van der Waals surface area contributed by atoms with Crippen LogP contribution in [-0.2, 0) is 9.53 Å². The van der Waals surface area contributed by atoms with Gasteiger partial charge in [-0.2, -0.15) is 0 Å². The Balaban J connectivity index is 1.89. The maximum Gasteiger partial charge on any atom is 0.229 e. The lowest BCUT2D eigenvalue weighted by Gasteiger charge is -2.33. The number of alkyl halides is 1. The fraction of sp³-hybridized carbons (Fsp3) is 0.923. The number of amides is 1. The summed E-state index contributed by atoms with van der Waals surface area (Å²) in [6.07, 6.45) is 1.07. The van der Waals surface area contributed by atoms with E-state index >= 15 is 0 Å². The van der Waals surface area contributed by atoms with Crippen molar-refractivity contribution in [1.82, 2.24) is 9.80 Å². The Hall–Kier alpha value is -0.320. The Morgan fingerprint density at radius 2 is 2.00 bits per heavy atom. The van der Waals surface area contributed by atoms with Crippen LogP contribution in [0, 0.1) is 5.41 Å². The quantitative estimate of drug-likeness (QED) is 0.725. The molecule has 0 aliphatic carbocycles. The maximum absolute atomic E-state index is 12.3. The lowest BCUT2D eigenvalue weighted by Crippen LogP contribution is -2.46. The molecule has 2 rings (SSSR count). The van der Waals surface area contributed by atoms with E-state index in [1.165, 1.54) is 0 Å². The molecule has 0 bridgehead atoms. The number of morpholine rings is 1. The lowest BCUT2D eigenvalue weighted by molar-refractivity contribution is -0.138. The molecule has 4 nitrogen and oxygen atoms in total. The SMILES string of the molecule is CC(C)(CCl)C(=O)N1CCC(N2CCOCC2)C1. The number of rotatable bonds is 3. The van der Waals surface area contributed by atoms with Gasteiger partial charge in [0.1, 0.15) is 0 Å². The van der Waals surface area contributed by atoms with E-state index in [0.29, 0.717) is 11.9 Å². The minimum absolute atomic E-state index is 0.188. The van der Waals surface area contributed by atoms with E-state index in [1.807, 2.05) is 18.7 Å². The van der Waals surface area contributed by atoms with Crippen LogP contribution >= 0.6 is 11.6 Å². The van der Waals surface area contributed by atoms with Crippen LogP contribution in [-0.4, -0.2) is 67.0 Å². The minimum atomic E-state index is -0.443. The lowest BCUT2D eigenvalue weighted by atomic mass is 9.94. The van der Waals surface area contributed by atoms with Crippen LogP contribution in [0.4, 0.5) is 0 Å². The summed E-state index contributed by atoms with van der Waals surface area (Å²) < 4.78 is 5.37. The number of hydrogen-bond acceptors (Lipinski definition) is 3. The zero-order valence-corrected chi connectivity index (χ0v) is 12.1. The summed E-state index contributed by atoms with van der Waals surface area (Å²) >= 11 is 5.88. The van der Waals surface area contributed by atoms with Crippen molar-refractivity contribution in [3.8, 4) is 0 Å². The number of ether oxygens (including phenoxy) is 1. The largest absolute Gasteiger partial charge is 0.379 e. The van der Waals surface area contributed by atoms with E-state index < -0.39 is 5.41 Å². The number of halogens is 1. The van der Waals surface area contributed by atoms with Gasteiger partial charge in [-0.05, 0) is 20.3 Å². The van der Waals surface area contributed by atoms with E-state index in [9.17, 15) is 4.79 Å². The van der Waals surface area contributed by atoms with Crippen molar-refractivity contribution < 1.29 is 9.53 Å². The van der Waals surface area contributed by atoms with Crippen molar-refractivity contribution >= 4 is 17.5 Å². The average molecular weight is 275 g/mol. The van der Waals surface area contributed by atoms with Gasteiger partial charge in [0.05, 0.1) is 18.6 Å². The molecule has 0 radical (unpaired) electrons. The van der Waals surface area contributed by atoms with Crippen LogP contribution in [0.15, 0.2) is 0 Å². The van der Waals surface area contributed by atoms with Gasteiger partial charge in [-0.15, -0.1) is 11.6 Å². The van der Waals surface area contributed by atoms with Crippen LogP contribution in [0.2, 0.25) is 0 Å². The van der Waals surface area contributed by atoms with Crippen molar-refractivity contribution in [2.45, 2.75) is 26.3 Å². The van der Waals surface area contributed by atoms with Crippen LogP contribution in [0.5, 0.6) is 0 Å². The molecule has 104 valence electrons. The molecule has 0 N–H and O–H groups in total. The third kappa shape index (κ3) is 2.98. The Labute approximate surface area is 114 Å². The first-order valence-corrected chi connectivity index (χ1v) is 7.25. The second-order valence-corrected chi connectivity index (χ2v) is 6.13. The summed E-state index contributed by atoms with van der Waals surface area (Å²) in [6, 6.07) is 0.504. The van der Waals surface area contributed by atoms with Gasteiger partial charge in [0.15, 0.2) is 0 Å². The van der Waals surface area contributed by atoms with Gasteiger partial charge in [-0.1, -0.05) is 0 Å². The molecule has 0 spiro atoms. The Kier molecular flexibility index (Phi) is 4.51. The first kappa shape index (κ1) is 14.1. The standard InChI is InChI=1S/C13H23ClN2O2/c1-13(2,10-14)12(17)16-4-3-11(9-16)15-5-7-18-8-6-15/h11H,3-10H2,1-2H3. The highest BCUT2D eigenvalue weighted by atomic mass is 35.5. The molecule has 0 aromatic carbocycles. The van der Waals surface area contributed by atoms with Gasteiger partial charge in [-0.3, -0.25) is 9.69 Å². The number of likely N-dealkylation sites (tertiary alicyclic amines) is 1. The van der Waals surface area contributed by atoms with Crippen molar-refractivity contribution in [3.05, 3.63) is 0 Å². The summed E-state index contributed by atoms with van der Waals surface area (Å²) in [6.45, 7) is 9.17. The van der Waals surface area contributed by atoms with Gasteiger partial charge in [0.25, 0.3) is 0 Å². The normalized spacial score (nSPS) is 26.6. The molecular formula is C13H23ClN2O2. The highest BCUT2D eigenvalue weighted by Crippen LogP contribution is 2.25. The van der Waals surface area contributed by atoms with Crippen molar-refractivity contribution in [2.75, 3.05) is 45.3 Å². The third-order valence-corrected chi connectivity index (χ3v) is 4.59. The molecular weight excluding hydrogens is 252 g/mol. The van der Waals surface area contributed by atoms with Crippen LogP contribution < -0.4 is 0 Å². The smallest absolute Gasteiger partial charge is 0.229 e. The molecule has 1 atom stereocenters. The topological polar surface area (TPSA) is 32.8 Å². The highest BCUT2D eigenvalue weighted by Gasteiger charge is 2.37. The molecule has 2 fully saturated rings. The summed E-state index contributed by atoms with van der Waals surface area (Å²) in [5.41, 5.74) is -0.443. The highest BCUT2D eigenvalue weighted by molar-refractivity contribution is 6.19. The molecule has 0 saturated carbocycles. The fourth-order valence-electron chi connectivity index (χ4n) is 2.65. The zero-order valence-electron chi connectivity index (χ0n) is 11.3. The second kappa shape index (κ2) is 5.76. The summed E-state index contributed by atoms with van der Waals surface area (Å²) in [5.74, 6) is 0.568. The molecule has 18 heavy (non-hydrogen) atoms. The average Bonchev–Trinajstić information content (AvgIpc) is 2.88. The number of hydrogen-bond donors (Lipinski definition) is 0. The first-order chi connectivity index (χ1) is 8.54. The second-order valence-electron chi connectivity index (χ2n) is 5.86. The van der Waals surface area contributed by atoms with Crippen molar-refractivity contribution in [2.24, 2.45) is 5.41 Å². The third-order valence-electron chi connectivity index (χ3n) is 3.93. The molecule has 5 heteroatoms. The van der Waals surface area contributed by atoms with Crippen molar-refractivity contribution in [1.29, 1.82) is 0 Å². The Morgan fingerprint density at radius 1 is 1.33 bits per heavy atom. The van der Waals surface area contributed by atoms with Gasteiger partial charge in [-0.25, -0.2) is 0 Å². The molecule has 2 saturated heterocycles. The van der Waals surface area contributed by atoms with E-state index in [-0.39, 0.29) is 5.91 Å². The van der Waals surface area contributed by atoms with Gasteiger partial charge in [0.2, 0.25) is 5.91 Å². The fourth-order valence-corrected chi connectivity index (χ4v) is 2.77. The predicted molar refractivity (Wildman–Crippen MR) is 71.9 cm³/mol. The molecule has 2 aliphatic rings. The van der Waals surface area contributed by atoms with Gasteiger partial charge >= 0.3 is 0 Å². The minimum Gasteiger partial charge on any atom is -0.379 e. The van der Waals surface area contributed by atoms with Gasteiger partial charge in [0, 0.05) is 38.1 Å². The number of nitrogens with zero attached hydrogens (tertiary/aromatic N) is 2. The Bertz CT molecular complexity index is 303. The predicted octanol–water partition coefficient (Wildman–Crippen LogP) is 1.18. The van der Waals surface area contributed by atoms with Crippen LogP contribution in [0.1, 0.15) is 20.3 Å². The molecule has 0 aromatic rings. The van der Waals surface area contributed by atoms with E-state index in [1.54, 1.807) is 0 Å². The van der Waals surface area contributed by atoms with Gasteiger partial charge < -0.3 is 9.64 Å². The van der Waals surface area contributed by atoms with E-state index in [4.69, 9.17) is 16.3 Å². The zero-order chi connectivity index (χ0) is 13.2. The number of carbonyl (C=O) groups excluding carboxylic acids is 1. The maximum atomic E-state index is 12.3. The molecule has 2 aliphatic heterocycles. The van der Waals surface area contributed by atoms with Crippen LogP contribution in [0.3, 0.4) is 0 Å². The number of carbonyl (C=O) groups is 1. The monoisotopic (exact) mass is 274 g/mol. The van der Waals surface area contributed by atoms with Crippen molar-refractivity contribution in [3.63, 3.8) is 0 Å². The molecule has 1 unspecified atom stereocenters. The summed E-state index contributed by atoms with van der Waals surface area (Å²) in [4.78, 5) is 16.7.